The average Bonchev–Trinajstić information content (AvgIpc) is 3.07. The molecule has 1 amide bonds. The molecule has 1 heterocycles. The average molecular weight is 425 g/mol. The molecule has 152 valence electrons. The van der Waals surface area contributed by atoms with Crippen molar-refractivity contribution in [1.29, 1.82) is 0 Å². The molecule has 0 atom stereocenters. The number of halogens is 4. The van der Waals surface area contributed by atoms with Gasteiger partial charge in [0.05, 0.1) is 28.6 Å². The van der Waals surface area contributed by atoms with Crippen molar-refractivity contribution >= 4 is 23.2 Å². The van der Waals surface area contributed by atoms with E-state index in [4.69, 9.17) is 16.3 Å². The fourth-order valence-electron chi connectivity index (χ4n) is 2.69. The van der Waals surface area contributed by atoms with Crippen LogP contribution in [0.25, 0.3) is 5.69 Å². The summed E-state index contributed by atoms with van der Waals surface area (Å²) < 4.78 is 45.4. The second kappa shape index (κ2) is 8.22. The van der Waals surface area contributed by atoms with Crippen molar-refractivity contribution in [3.05, 3.63) is 70.0 Å². The normalized spacial score (nSPS) is 11.5. The number of carbonyl (C=O) groups is 1. The zero-order valence-corrected chi connectivity index (χ0v) is 16.2. The minimum absolute atomic E-state index is 0.0139. The Morgan fingerprint density at radius 3 is 2.66 bits per heavy atom. The molecule has 0 aliphatic rings. The molecule has 0 fully saturated rings. The second-order valence-corrected chi connectivity index (χ2v) is 6.62. The van der Waals surface area contributed by atoms with Crippen LogP contribution in [0.5, 0.6) is 0 Å². The van der Waals surface area contributed by atoms with Gasteiger partial charge in [-0.3, -0.25) is 4.79 Å². The molecule has 10 heteroatoms. The summed E-state index contributed by atoms with van der Waals surface area (Å²) in [6.07, 6.45) is -4.57. The van der Waals surface area contributed by atoms with E-state index in [1.54, 1.807) is 6.07 Å². The minimum Gasteiger partial charge on any atom is -0.378 e. The first kappa shape index (κ1) is 20.8. The molecule has 0 spiro atoms. The van der Waals surface area contributed by atoms with Crippen molar-refractivity contribution in [2.75, 3.05) is 12.4 Å². The summed E-state index contributed by atoms with van der Waals surface area (Å²) in [5, 5.41) is 10.2. The molecular weight excluding hydrogens is 409 g/mol. The van der Waals surface area contributed by atoms with Crippen LogP contribution in [0.1, 0.15) is 27.3 Å². The van der Waals surface area contributed by atoms with E-state index >= 15 is 0 Å². The number of hydrogen-bond donors (Lipinski definition) is 1. The molecule has 1 aromatic heterocycles. The highest BCUT2D eigenvalue weighted by Crippen LogP contribution is 2.34. The van der Waals surface area contributed by atoms with Crippen LogP contribution in [0.4, 0.5) is 18.9 Å². The predicted molar refractivity (Wildman–Crippen MR) is 101 cm³/mol. The first-order valence-electron chi connectivity index (χ1n) is 8.39. The molecule has 0 bridgehead atoms. The Morgan fingerprint density at radius 2 is 2.00 bits per heavy atom. The lowest BCUT2D eigenvalue weighted by atomic mass is 10.2. The predicted octanol–water partition coefficient (Wildman–Crippen LogP) is 4.65. The Morgan fingerprint density at radius 1 is 1.24 bits per heavy atom. The summed E-state index contributed by atoms with van der Waals surface area (Å²) in [4.78, 5) is 12.7. The van der Waals surface area contributed by atoms with Crippen molar-refractivity contribution in [2.24, 2.45) is 0 Å². The fourth-order valence-corrected chi connectivity index (χ4v) is 2.86. The molecule has 3 aromatic rings. The number of rotatable bonds is 5. The number of alkyl halides is 3. The zero-order valence-electron chi connectivity index (χ0n) is 15.4. The van der Waals surface area contributed by atoms with Crippen molar-refractivity contribution in [3.63, 3.8) is 0 Å². The molecular formula is C19H16ClF3N4O2. The maximum Gasteiger partial charge on any atom is 0.416 e. The molecule has 3 rings (SSSR count). The van der Waals surface area contributed by atoms with Crippen molar-refractivity contribution in [3.8, 4) is 5.69 Å². The molecule has 0 saturated heterocycles. The van der Waals surface area contributed by atoms with E-state index in [-0.39, 0.29) is 23.0 Å². The molecule has 0 unspecified atom stereocenters. The number of hydrogen-bond acceptors (Lipinski definition) is 4. The van der Waals surface area contributed by atoms with Crippen LogP contribution in [-0.4, -0.2) is 28.0 Å². The van der Waals surface area contributed by atoms with E-state index in [2.05, 4.69) is 15.6 Å². The van der Waals surface area contributed by atoms with Crippen molar-refractivity contribution in [2.45, 2.75) is 19.7 Å². The third kappa shape index (κ3) is 4.57. The largest absolute Gasteiger partial charge is 0.416 e. The lowest BCUT2D eigenvalue weighted by molar-refractivity contribution is -0.137. The molecule has 29 heavy (non-hydrogen) atoms. The third-order valence-electron chi connectivity index (χ3n) is 4.05. The van der Waals surface area contributed by atoms with E-state index < -0.39 is 17.6 Å². The Bertz CT molecular complexity index is 1050. The van der Waals surface area contributed by atoms with Crippen LogP contribution in [0, 0.1) is 6.92 Å². The summed E-state index contributed by atoms with van der Waals surface area (Å²) in [5.74, 6) is -0.753. The van der Waals surface area contributed by atoms with Gasteiger partial charge in [-0.25, -0.2) is 4.68 Å². The van der Waals surface area contributed by atoms with Gasteiger partial charge in [0.2, 0.25) is 0 Å². The molecule has 0 saturated carbocycles. The summed E-state index contributed by atoms with van der Waals surface area (Å²) in [7, 11) is 1.44. The zero-order chi connectivity index (χ0) is 21.2. The molecule has 0 aliphatic heterocycles. The number of anilines is 1. The number of methoxy groups -OCH3 is 1. The van der Waals surface area contributed by atoms with Gasteiger partial charge in [0, 0.05) is 7.11 Å². The number of aromatic nitrogens is 3. The second-order valence-electron chi connectivity index (χ2n) is 6.22. The summed E-state index contributed by atoms with van der Waals surface area (Å²) in [5.41, 5.74) is 0.794. The number of carbonyl (C=O) groups excluding carboxylic acids is 1. The molecule has 6 nitrogen and oxygen atoms in total. The van der Waals surface area contributed by atoms with Crippen LogP contribution in [0.2, 0.25) is 5.02 Å². The van der Waals surface area contributed by atoms with Gasteiger partial charge < -0.3 is 10.1 Å². The van der Waals surface area contributed by atoms with Crippen molar-refractivity contribution < 1.29 is 22.7 Å². The smallest absolute Gasteiger partial charge is 0.378 e. The molecule has 1 N–H and O–H groups in total. The SMILES string of the molecule is COCc1c(C(=O)Nc2cc(C(F)(F)F)ccc2Cl)nnn1-c1cccc(C)c1. The van der Waals surface area contributed by atoms with Gasteiger partial charge in [0.15, 0.2) is 5.69 Å². The monoisotopic (exact) mass is 424 g/mol. The number of nitrogens with zero attached hydrogens (tertiary/aromatic N) is 3. The van der Waals surface area contributed by atoms with Gasteiger partial charge in [-0.05, 0) is 42.8 Å². The Balaban J connectivity index is 1.96. The molecule has 0 aliphatic carbocycles. The summed E-state index contributed by atoms with van der Waals surface area (Å²) >= 11 is 5.95. The van der Waals surface area contributed by atoms with Gasteiger partial charge in [-0.1, -0.05) is 28.9 Å². The number of nitrogens with one attached hydrogen (secondary N) is 1. The van der Waals surface area contributed by atoms with E-state index in [1.165, 1.54) is 11.8 Å². The number of amides is 1. The van der Waals surface area contributed by atoms with Gasteiger partial charge >= 0.3 is 6.18 Å². The van der Waals surface area contributed by atoms with E-state index in [9.17, 15) is 18.0 Å². The third-order valence-corrected chi connectivity index (χ3v) is 4.38. The van der Waals surface area contributed by atoms with Crippen LogP contribution < -0.4 is 5.32 Å². The quantitative estimate of drug-likeness (QED) is 0.647. The highest BCUT2D eigenvalue weighted by molar-refractivity contribution is 6.34. The highest BCUT2D eigenvalue weighted by atomic mass is 35.5. The van der Waals surface area contributed by atoms with Crippen LogP contribution in [0.15, 0.2) is 42.5 Å². The Hall–Kier alpha value is -2.91. The Kier molecular flexibility index (Phi) is 5.90. The number of ether oxygens (including phenoxy) is 1. The molecule has 2 aromatic carbocycles. The first-order valence-corrected chi connectivity index (χ1v) is 8.77. The van der Waals surface area contributed by atoms with E-state index in [1.807, 2.05) is 25.1 Å². The summed E-state index contributed by atoms with van der Waals surface area (Å²) in [6.45, 7) is 1.92. The fraction of sp³-hybridized carbons (Fsp3) is 0.211. The minimum atomic E-state index is -4.57. The number of aryl methyl sites for hydroxylation is 1. The maximum atomic E-state index is 13.0. The standard InChI is InChI=1S/C19H16ClF3N4O2/c1-11-4-3-5-13(8-11)27-16(10-29-2)17(25-26-27)18(28)24-15-9-12(19(21,22)23)6-7-14(15)20/h3-9H,10H2,1-2H3,(H,24,28). The van der Waals surface area contributed by atoms with E-state index in [0.717, 1.165) is 23.8 Å². The van der Waals surface area contributed by atoms with Gasteiger partial charge in [0.25, 0.3) is 5.91 Å². The van der Waals surface area contributed by atoms with Crippen molar-refractivity contribution in [1.82, 2.24) is 15.0 Å². The van der Waals surface area contributed by atoms with Crippen LogP contribution >= 0.6 is 11.6 Å². The van der Waals surface area contributed by atoms with Gasteiger partial charge in [0.1, 0.15) is 5.69 Å². The summed E-state index contributed by atoms with van der Waals surface area (Å²) in [6, 6.07) is 10.0. The highest BCUT2D eigenvalue weighted by Gasteiger charge is 2.31. The van der Waals surface area contributed by atoms with Crippen LogP contribution in [-0.2, 0) is 17.5 Å². The lowest BCUT2D eigenvalue weighted by Gasteiger charge is -2.12. The van der Waals surface area contributed by atoms with E-state index in [0.29, 0.717) is 11.4 Å². The van der Waals surface area contributed by atoms with Gasteiger partial charge in [-0.15, -0.1) is 5.10 Å². The Labute approximate surface area is 169 Å². The topological polar surface area (TPSA) is 69.0 Å². The molecule has 0 radical (unpaired) electrons. The van der Waals surface area contributed by atoms with Gasteiger partial charge in [-0.2, -0.15) is 13.2 Å². The lowest BCUT2D eigenvalue weighted by Crippen LogP contribution is -2.17. The first-order chi connectivity index (χ1) is 13.7. The number of benzene rings is 2. The maximum absolute atomic E-state index is 13.0. The van der Waals surface area contributed by atoms with Crippen LogP contribution in [0.3, 0.4) is 0 Å².